The number of nitrogens with one attached hydrogen (secondary N) is 3. The van der Waals surface area contributed by atoms with Gasteiger partial charge in [0.2, 0.25) is 5.91 Å². The van der Waals surface area contributed by atoms with Crippen molar-refractivity contribution >= 4 is 69.5 Å². The molecular weight excluding hydrogens is 665 g/mol. The van der Waals surface area contributed by atoms with Crippen molar-refractivity contribution in [2.24, 2.45) is 0 Å². The fourth-order valence-corrected chi connectivity index (χ4v) is 4.98. The van der Waals surface area contributed by atoms with Crippen molar-refractivity contribution in [1.82, 2.24) is 5.32 Å². The first-order valence-electron chi connectivity index (χ1n) is 12.7. The van der Waals surface area contributed by atoms with Crippen LogP contribution in [0.5, 0.6) is 11.5 Å². The summed E-state index contributed by atoms with van der Waals surface area (Å²) in [4.78, 5) is 39.7. The average molecular weight is 694 g/mol. The minimum absolute atomic E-state index is 0.00496. The van der Waals surface area contributed by atoms with Crippen LogP contribution in [-0.4, -0.2) is 37.7 Å². The van der Waals surface area contributed by atoms with Crippen molar-refractivity contribution in [3.8, 4) is 11.5 Å². The molecule has 0 unspecified atom stereocenters. The molecule has 0 fully saturated rings. The van der Waals surface area contributed by atoms with Crippen molar-refractivity contribution in [1.29, 1.82) is 0 Å². The van der Waals surface area contributed by atoms with Gasteiger partial charge >= 0.3 is 0 Å². The lowest BCUT2D eigenvalue weighted by Crippen LogP contribution is -2.30. The van der Waals surface area contributed by atoms with Gasteiger partial charge in [-0.1, -0.05) is 36.4 Å². The molecule has 42 heavy (non-hydrogen) atoms. The molecule has 3 N–H and O–H groups in total. The number of benzene rings is 4. The molecule has 0 atom stereocenters. The van der Waals surface area contributed by atoms with E-state index in [1.807, 2.05) is 30.3 Å². The Morgan fingerprint density at radius 1 is 0.810 bits per heavy atom. The first kappa shape index (κ1) is 30.7. The van der Waals surface area contributed by atoms with Gasteiger partial charge in [0.25, 0.3) is 11.8 Å². The first-order chi connectivity index (χ1) is 20.4. The Kier molecular flexibility index (Phi) is 11.0. The van der Waals surface area contributed by atoms with Gasteiger partial charge in [0.1, 0.15) is 5.70 Å². The van der Waals surface area contributed by atoms with Crippen LogP contribution in [0.25, 0.3) is 6.08 Å². The van der Waals surface area contributed by atoms with Crippen LogP contribution >= 0.6 is 34.4 Å². The van der Waals surface area contributed by atoms with Crippen LogP contribution in [0, 0.1) is 3.57 Å². The van der Waals surface area contributed by atoms with Crippen LogP contribution in [0.2, 0.25) is 0 Å². The number of rotatable bonds is 11. The monoisotopic (exact) mass is 693 g/mol. The van der Waals surface area contributed by atoms with Crippen LogP contribution in [0.3, 0.4) is 0 Å². The minimum atomic E-state index is -0.539. The van der Waals surface area contributed by atoms with Gasteiger partial charge in [-0.25, -0.2) is 0 Å². The number of hydrogen-bond acceptors (Lipinski definition) is 6. The molecule has 3 amide bonds. The molecule has 0 spiro atoms. The second-order valence-electron chi connectivity index (χ2n) is 8.79. The molecule has 4 aromatic rings. The largest absolute Gasteiger partial charge is 0.493 e. The van der Waals surface area contributed by atoms with Gasteiger partial charge in [-0.3, -0.25) is 14.4 Å². The summed E-state index contributed by atoms with van der Waals surface area (Å²) < 4.78 is 12.0. The summed E-state index contributed by atoms with van der Waals surface area (Å²) >= 11 is 3.55. The highest BCUT2D eigenvalue weighted by Gasteiger charge is 2.17. The second kappa shape index (κ2) is 15.1. The van der Waals surface area contributed by atoms with Crippen LogP contribution in [0.15, 0.2) is 108 Å². The standard InChI is InChI=1S/C32H28IN3O5S/c1-40-28-13-6-10-22(30(28)41-2)18-27(36-31(38)21-8-4-3-5-9-21)32(39)35-25-11-7-12-26(19-25)42-20-29(37)34-24-16-14-23(33)15-17-24/h3-19H,20H2,1-2H3,(H,34,37)(H,35,39)(H,36,38)/b27-18+. The fraction of sp³-hybridized carbons (Fsp3) is 0.0938. The van der Waals surface area contributed by atoms with Gasteiger partial charge in [-0.2, -0.15) is 0 Å². The molecular formula is C32H28IN3O5S. The Morgan fingerprint density at radius 2 is 1.55 bits per heavy atom. The topological polar surface area (TPSA) is 106 Å². The van der Waals surface area contributed by atoms with Crippen LogP contribution in [0.4, 0.5) is 11.4 Å². The molecule has 4 aromatic carbocycles. The molecule has 0 saturated heterocycles. The average Bonchev–Trinajstić information content (AvgIpc) is 3.01. The second-order valence-corrected chi connectivity index (χ2v) is 11.1. The number of methoxy groups -OCH3 is 2. The van der Waals surface area contributed by atoms with Gasteiger partial charge in [-0.15, -0.1) is 11.8 Å². The number of para-hydroxylation sites is 1. The van der Waals surface area contributed by atoms with E-state index in [0.717, 1.165) is 14.2 Å². The lowest BCUT2D eigenvalue weighted by molar-refractivity contribution is -0.114. The zero-order valence-electron chi connectivity index (χ0n) is 22.8. The third-order valence-electron chi connectivity index (χ3n) is 5.85. The molecule has 0 aliphatic carbocycles. The summed E-state index contributed by atoms with van der Waals surface area (Å²) in [5.41, 5.74) is 2.17. The van der Waals surface area contributed by atoms with Crippen molar-refractivity contribution in [2.45, 2.75) is 4.90 Å². The maximum Gasteiger partial charge on any atom is 0.272 e. The van der Waals surface area contributed by atoms with Crippen molar-refractivity contribution in [3.63, 3.8) is 0 Å². The van der Waals surface area contributed by atoms with Crippen molar-refractivity contribution in [3.05, 3.63) is 117 Å². The van der Waals surface area contributed by atoms with Crippen molar-refractivity contribution < 1.29 is 23.9 Å². The van der Waals surface area contributed by atoms with Gasteiger partial charge in [0.15, 0.2) is 11.5 Å². The van der Waals surface area contributed by atoms with E-state index >= 15 is 0 Å². The van der Waals surface area contributed by atoms with Gasteiger partial charge in [0.05, 0.1) is 20.0 Å². The quantitative estimate of drug-likeness (QED) is 0.0949. The smallest absolute Gasteiger partial charge is 0.272 e. The summed E-state index contributed by atoms with van der Waals surface area (Å²) in [6.45, 7) is 0. The summed E-state index contributed by atoms with van der Waals surface area (Å²) in [6.07, 6.45) is 1.53. The Labute approximate surface area is 262 Å². The number of amides is 3. The summed E-state index contributed by atoms with van der Waals surface area (Å²) in [5.74, 6) is -0.0312. The highest BCUT2D eigenvalue weighted by atomic mass is 127. The van der Waals surface area contributed by atoms with Gasteiger partial charge in [0, 0.05) is 31.0 Å². The first-order valence-corrected chi connectivity index (χ1v) is 14.8. The normalized spacial score (nSPS) is 10.9. The zero-order valence-corrected chi connectivity index (χ0v) is 25.8. The SMILES string of the molecule is COc1cccc(/C=C(/NC(=O)c2ccccc2)C(=O)Nc2cccc(SCC(=O)Nc3ccc(I)cc3)c2)c1OC. The van der Waals surface area contributed by atoms with Crippen LogP contribution in [-0.2, 0) is 9.59 Å². The number of thioether (sulfide) groups is 1. The maximum absolute atomic E-state index is 13.5. The van der Waals surface area contributed by atoms with E-state index in [2.05, 4.69) is 38.5 Å². The number of anilines is 2. The molecule has 0 radical (unpaired) electrons. The Hall–Kier alpha value is -4.29. The predicted molar refractivity (Wildman–Crippen MR) is 175 cm³/mol. The zero-order chi connectivity index (χ0) is 29.9. The molecule has 10 heteroatoms. The fourth-order valence-electron chi connectivity index (χ4n) is 3.86. The Morgan fingerprint density at radius 3 is 2.26 bits per heavy atom. The molecule has 214 valence electrons. The number of carbonyl (C=O) groups is 3. The number of carbonyl (C=O) groups excluding carboxylic acids is 3. The van der Waals surface area contributed by atoms with E-state index in [1.165, 1.54) is 32.1 Å². The Balaban J connectivity index is 1.51. The predicted octanol–water partition coefficient (Wildman–Crippen LogP) is 6.45. The highest BCUT2D eigenvalue weighted by molar-refractivity contribution is 14.1. The van der Waals surface area contributed by atoms with E-state index in [9.17, 15) is 14.4 Å². The van der Waals surface area contributed by atoms with E-state index in [1.54, 1.807) is 66.7 Å². The minimum Gasteiger partial charge on any atom is -0.493 e. The maximum atomic E-state index is 13.5. The lowest BCUT2D eigenvalue weighted by atomic mass is 10.1. The van der Waals surface area contributed by atoms with Gasteiger partial charge in [-0.05, 0) is 89.3 Å². The van der Waals surface area contributed by atoms with E-state index in [-0.39, 0.29) is 17.4 Å². The van der Waals surface area contributed by atoms with E-state index < -0.39 is 11.8 Å². The lowest BCUT2D eigenvalue weighted by Gasteiger charge is -2.14. The third-order valence-corrected chi connectivity index (χ3v) is 7.56. The molecule has 0 aliphatic heterocycles. The van der Waals surface area contributed by atoms with Gasteiger partial charge < -0.3 is 25.4 Å². The summed E-state index contributed by atoms with van der Waals surface area (Å²) in [5, 5.41) is 8.45. The summed E-state index contributed by atoms with van der Waals surface area (Å²) in [6, 6.07) is 28.5. The molecule has 0 aliphatic rings. The highest BCUT2D eigenvalue weighted by Crippen LogP contribution is 2.32. The van der Waals surface area contributed by atoms with Crippen LogP contribution < -0.4 is 25.4 Å². The van der Waals surface area contributed by atoms with E-state index in [0.29, 0.717) is 28.3 Å². The van der Waals surface area contributed by atoms with Crippen LogP contribution in [0.1, 0.15) is 15.9 Å². The molecule has 4 rings (SSSR count). The number of halogens is 1. The van der Waals surface area contributed by atoms with Crippen molar-refractivity contribution in [2.75, 3.05) is 30.6 Å². The third kappa shape index (κ3) is 8.60. The number of hydrogen-bond donors (Lipinski definition) is 3. The molecule has 0 saturated carbocycles. The molecule has 0 bridgehead atoms. The Bertz CT molecular complexity index is 1590. The molecule has 0 heterocycles. The summed E-state index contributed by atoms with van der Waals surface area (Å²) in [7, 11) is 3.02. The van der Waals surface area contributed by atoms with E-state index in [4.69, 9.17) is 9.47 Å². The molecule has 0 aromatic heterocycles. The molecule has 8 nitrogen and oxygen atoms in total. The number of ether oxygens (including phenoxy) is 2.